The Kier molecular flexibility index (Phi) is 4.11. The van der Waals surface area contributed by atoms with Crippen molar-refractivity contribution >= 4 is 16.6 Å². The molecule has 21 heavy (non-hydrogen) atoms. The van der Waals surface area contributed by atoms with Crippen LogP contribution in [0.25, 0.3) is 10.9 Å². The zero-order chi connectivity index (χ0) is 14.8. The normalized spacial score (nSPS) is 19.9. The molecule has 3 rings (SSSR count). The summed E-state index contributed by atoms with van der Waals surface area (Å²) in [6.07, 6.45) is 4.61. The van der Waals surface area contributed by atoms with Crippen molar-refractivity contribution in [2.75, 3.05) is 38.6 Å². The number of hydrogen-bond acceptors (Lipinski definition) is 3. The minimum Gasteiger partial charge on any atom is -0.374 e. The molecule has 1 aromatic heterocycles. The smallest absolute Gasteiger partial charge is 0.0751 e. The molecule has 0 spiro atoms. The van der Waals surface area contributed by atoms with Crippen molar-refractivity contribution in [3.8, 4) is 0 Å². The summed E-state index contributed by atoms with van der Waals surface area (Å²) in [6.45, 7) is 5.72. The molecular weight excluding hydrogens is 258 g/mol. The topological polar surface area (TPSA) is 19.4 Å². The number of para-hydroxylation sites is 1. The number of likely N-dealkylation sites (tertiary alicyclic amines) is 1. The molecule has 2 heterocycles. The summed E-state index contributed by atoms with van der Waals surface area (Å²) >= 11 is 0. The molecule has 112 valence electrons. The number of anilines is 1. The van der Waals surface area contributed by atoms with Gasteiger partial charge in [0.1, 0.15) is 0 Å². The predicted molar refractivity (Wildman–Crippen MR) is 90.0 cm³/mol. The third-order valence-electron chi connectivity index (χ3n) is 4.62. The Bertz CT molecular complexity index is 623. The second-order valence-corrected chi connectivity index (χ2v) is 6.45. The van der Waals surface area contributed by atoms with Gasteiger partial charge < -0.3 is 9.80 Å². The first-order valence-corrected chi connectivity index (χ1v) is 7.89. The largest absolute Gasteiger partial charge is 0.374 e. The van der Waals surface area contributed by atoms with Crippen LogP contribution in [0.2, 0.25) is 0 Å². The van der Waals surface area contributed by atoms with Gasteiger partial charge in [0.05, 0.1) is 5.52 Å². The number of benzene rings is 1. The first-order chi connectivity index (χ1) is 10.1. The van der Waals surface area contributed by atoms with Crippen molar-refractivity contribution in [1.29, 1.82) is 0 Å². The van der Waals surface area contributed by atoms with Crippen LogP contribution in [0.5, 0.6) is 0 Å². The van der Waals surface area contributed by atoms with Crippen molar-refractivity contribution in [2.24, 2.45) is 5.92 Å². The number of hydrogen-bond donors (Lipinski definition) is 0. The van der Waals surface area contributed by atoms with E-state index in [2.05, 4.69) is 60.1 Å². The third-order valence-corrected chi connectivity index (χ3v) is 4.62. The molecule has 0 saturated carbocycles. The highest BCUT2D eigenvalue weighted by molar-refractivity contribution is 5.93. The minimum absolute atomic E-state index is 0.766. The van der Waals surface area contributed by atoms with Gasteiger partial charge in [-0.1, -0.05) is 18.2 Å². The van der Waals surface area contributed by atoms with Crippen LogP contribution in [-0.2, 0) is 0 Å². The van der Waals surface area contributed by atoms with Gasteiger partial charge in [-0.05, 0) is 50.9 Å². The fourth-order valence-corrected chi connectivity index (χ4v) is 3.55. The van der Waals surface area contributed by atoms with Crippen LogP contribution in [0.3, 0.4) is 0 Å². The fraction of sp³-hybridized carbons (Fsp3) is 0.500. The first-order valence-electron chi connectivity index (χ1n) is 7.89. The van der Waals surface area contributed by atoms with Gasteiger partial charge in [0.25, 0.3) is 0 Å². The number of piperidine rings is 1. The Hall–Kier alpha value is -1.61. The molecule has 3 heteroatoms. The van der Waals surface area contributed by atoms with Crippen LogP contribution >= 0.6 is 0 Å². The first kappa shape index (κ1) is 14.3. The van der Waals surface area contributed by atoms with E-state index in [1.165, 1.54) is 42.6 Å². The van der Waals surface area contributed by atoms with E-state index < -0.39 is 0 Å². The van der Waals surface area contributed by atoms with Gasteiger partial charge in [0.2, 0.25) is 0 Å². The monoisotopic (exact) mass is 283 g/mol. The van der Waals surface area contributed by atoms with Gasteiger partial charge in [-0.25, -0.2) is 0 Å². The molecule has 1 saturated heterocycles. The summed E-state index contributed by atoms with van der Waals surface area (Å²) in [4.78, 5) is 9.41. The van der Waals surface area contributed by atoms with Crippen molar-refractivity contribution in [3.05, 3.63) is 36.0 Å². The molecule has 0 amide bonds. The SMILES string of the molecule is Cc1cccc2c(N(C)CC3CCCN(C)C3)ccnc12. The lowest BCUT2D eigenvalue weighted by Crippen LogP contribution is -2.38. The summed E-state index contributed by atoms with van der Waals surface area (Å²) in [7, 11) is 4.45. The minimum atomic E-state index is 0.766. The average Bonchev–Trinajstić information content (AvgIpc) is 2.47. The van der Waals surface area contributed by atoms with E-state index in [-0.39, 0.29) is 0 Å². The van der Waals surface area contributed by atoms with E-state index in [1.54, 1.807) is 0 Å². The van der Waals surface area contributed by atoms with Gasteiger partial charge >= 0.3 is 0 Å². The van der Waals surface area contributed by atoms with Crippen molar-refractivity contribution in [2.45, 2.75) is 19.8 Å². The summed E-state index contributed by atoms with van der Waals surface area (Å²) in [5.74, 6) is 0.766. The third kappa shape index (κ3) is 3.03. The number of nitrogens with zero attached hydrogens (tertiary/aromatic N) is 3. The number of fused-ring (bicyclic) bond motifs is 1. The lowest BCUT2D eigenvalue weighted by Gasteiger charge is -2.33. The summed E-state index contributed by atoms with van der Waals surface area (Å²) in [5, 5.41) is 1.27. The van der Waals surface area contributed by atoms with Crippen LogP contribution in [0.15, 0.2) is 30.5 Å². The Labute approximate surface area is 127 Å². The second kappa shape index (κ2) is 6.02. The highest BCUT2D eigenvalue weighted by Crippen LogP contribution is 2.27. The highest BCUT2D eigenvalue weighted by atomic mass is 15.1. The molecule has 0 aliphatic carbocycles. The molecule has 2 aromatic rings. The molecule has 1 aromatic carbocycles. The number of pyridine rings is 1. The van der Waals surface area contributed by atoms with Crippen molar-refractivity contribution in [1.82, 2.24) is 9.88 Å². The number of aryl methyl sites for hydroxylation is 1. The lowest BCUT2D eigenvalue weighted by atomic mass is 9.97. The molecule has 0 bridgehead atoms. The molecule has 1 aliphatic heterocycles. The molecule has 3 nitrogen and oxygen atoms in total. The van der Waals surface area contributed by atoms with E-state index >= 15 is 0 Å². The number of aromatic nitrogens is 1. The Morgan fingerprint density at radius 2 is 2.19 bits per heavy atom. The van der Waals surface area contributed by atoms with E-state index in [4.69, 9.17) is 0 Å². The van der Waals surface area contributed by atoms with E-state index in [1.807, 2.05) is 6.20 Å². The molecule has 0 N–H and O–H groups in total. The van der Waals surface area contributed by atoms with Crippen LogP contribution in [-0.4, -0.2) is 43.6 Å². The van der Waals surface area contributed by atoms with Gasteiger partial charge in [0, 0.05) is 37.4 Å². The van der Waals surface area contributed by atoms with Crippen LogP contribution in [0.4, 0.5) is 5.69 Å². The predicted octanol–water partition coefficient (Wildman–Crippen LogP) is 3.32. The van der Waals surface area contributed by atoms with Gasteiger partial charge in [0.15, 0.2) is 0 Å². The second-order valence-electron chi connectivity index (χ2n) is 6.45. The Morgan fingerprint density at radius 3 is 3.00 bits per heavy atom. The average molecular weight is 283 g/mol. The summed E-state index contributed by atoms with van der Waals surface area (Å²) < 4.78 is 0. The molecule has 1 aliphatic rings. The van der Waals surface area contributed by atoms with Crippen molar-refractivity contribution in [3.63, 3.8) is 0 Å². The van der Waals surface area contributed by atoms with E-state index in [9.17, 15) is 0 Å². The zero-order valence-electron chi connectivity index (χ0n) is 13.3. The molecule has 0 radical (unpaired) electrons. The maximum atomic E-state index is 4.55. The lowest BCUT2D eigenvalue weighted by molar-refractivity contribution is 0.213. The van der Waals surface area contributed by atoms with Crippen molar-refractivity contribution < 1.29 is 0 Å². The molecule has 1 atom stereocenters. The highest BCUT2D eigenvalue weighted by Gasteiger charge is 2.19. The molecule has 1 unspecified atom stereocenters. The molecule has 1 fully saturated rings. The zero-order valence-corrected chi connectivity index (χ0v) is 13.3. The maximum Gasteiger partial charge on any atom is 0.0751 e. The maximum absolute atomic E-state index is 4.55. The molecular formula is C18H25N3. The summed E-state index contributed by atoms with van der Waals surface area (Å²) in [5.41, 5.74) is 3.68. The standard InChI is InChI=1S/C18H25N3/c1-14-6-4-8-16-17(9-10-19-18(14)16)21(3)13-15-7-5-11-20(2)12-15/h4,6,8-10,15H,5,7,11-13H2,1-3H3. The summed E-state index contributed by atoms with van der Waals surface area (Å²) in [6, 6.07) is 8.60. The number of rotatable bonds is 3. The van der Waals surface area contributed by atoms with Gasteiger partial charge in [-0.15, -0.1) is 0 Å². The fourth-order valence-electron chi connectivity index (χ4n) is 3.55. The van der Waals surface area contributed by atoms with Crippen LogP contribution < -0.4 is 4.90 Å². The van der Waals surface area contributed by atoms with Crippen LogP contribution in [0.1, 0.15) is 18.4 Å². The van der Waals surface area contributed by atoms with Gasteiger partial charge in [-0.3, -0.25) is 4.98 Å². The Morgan fingerprint density at radius 1 is 1.33 bits per heavy atom. The van der Waals surface area contributed by atoms with Crippen LogP contribution in [0, 0.1) is 12.8 Å². The van der Waals surface area contributed by atoms with Gasteiger partial charge in [-0.2, -0.15) is 0 Å². The quantitative estimate of drug-likeness (QED) is 0.861. The van der Waals surface area contributed by atoms with E-state index in [0.29, 0.717) is 0 Å². The van der Waals surface area contributed by atoms with E-state index in [0.717, 1.165) is 18.0 Å². The Balaban J connectivity index is 1.84.